The van der Waals surface area contributed by atoms with E-state index in [0.717, 1.165) is 13.0 Å². The lowest BCUT2D eigenvalue weighted by Crippen LogP contribution is -2.59. The van der Waals surface area contributed by atoms with E-state index >= 15 is 0 Å². The average molecular weight is 494 g/mol. The maximum atomic E-state index is 14.1. The number of hydrogen-bond acceptors (Lipinski definition) is 4. The lowest BCUT2D eigenvalue weighted by molar-refractivity contribution is -0.274. The van der Waals surface area contributed by atoms with Crippen LogP contribution in [0.15, 0.2) is 48.5 Å². The van der Waals surface area contributed by atoms with Gasteiger partial charge >= 0.3 is 6.36 Å². The Kier molecular flexibility index (Phi) is 7.02. The van der Waals surface area contributed by atoms with Crippen LogP contribution in [0.3, 0.4) is 0 Å². The van der Waals surface area contributed by atoms with Crippen LogP contribution in [0.5, 0.6) is 5.75 Å². The largest absolute Gasteiger partial charge is 0.573 e. The van der Waals surface area contributed by atoms with E-state index in [9.17, 15) is 27.2 Å². The van der Waals surface area contributed by atoms with Crippen LogP contribution in [-0.2, 0) is 21.4 Å². The number of carbonyl (C=O) groups excluding carboxylic acids is 2. The molecule has 2 aromatic rings. The molecule has 1 aliphatic heterocycles. The van der Waals surface area contributed by atoms with Crippen molar-refractivity contribution in [3.05, 3.63) is 65.5 Å². The molecule has 2 aliphatic rings. The van der Waals surface area contributed by atoms with Crippen molar-refractivity contribution in [2.24, 2.45) is 5.73 Å². The maximum Gasteiger partial charge on any atom is 0.573 e. The Morgan fingerprint density at radius 1 is 1.11 bits per heavy atom. The van der Waals surface area contributed by atoms with Gasteiger partial charge in [-0.2, -0.15) is 0 Å². The first-order chi connectivity index (χ1) is 16.6. The SMILES string of the molecule is NC(=O)[C@H](Cc1ccc(F)cc1)N(C(=O)C1(c2ccc(OC(F)(F)F)cc2)CC1)[C@@H]1CCCNC1. The van der Waals surface area contributed by atoms with Gasteiger partial charge in [-0.1, -0.05) is 24.3 Å². The van der Waals surface area contributed by atoms with Gasteiger partial charge in [-0.05, 0) is 67.6 Å². The van der Waals surface area contributed by atoms with Crippen LogP contribution >= 0.6 is 0 Å². The van der Waals surface area contributed by atoms with Crippen LogP contribution in [0.25, 0.3) is 0 Å². The highest BCUT2D eigenvalue weighted by Gasteiger charge is 2.55. The van der Waals surface area contributed by atoms with Gasteiger partial charge in [0.05, 0.1) is 5.41 Å². The zero-order valence-electron chi connectivity index (χ0n) is 19.0. The molecule has 1 heterocycles. The van der Waals surface area contributed by atoms with Crippen LogP contribution < -0.4 is 15.8 Å². The molecule has 10 heteroatoms. The van der Waals surface area contributed by atoms with E-state index in [-0.39, 0.29) is 24.1 Å². The Morgan fingerprint density at radius 2 is 1.77 bits per heavy atom. The van der Waals surface area contributed by atoms with E-state index in [1.165, 1.54) is 36.4 Å². The predicted octanol–water partition coefficient (Wildman–Crippen LogP) is 3.43. The Balaban J connectivity index is 1.64. The molecule has 188 valence electrons. The number of primary amides is 1. The zero-order chi connectivity index (χ0) is 25.2. The van der Waals surface area contributed by atoms with Crippen molar-refractivity contribution in [1.29, 1.82) is 0 Å². The highest BCUT2D eigenvalue weighted by Crippen LogP contribution is 2.50. The Bertz CT molecular complexity index is 1050. The summed E-state index contributed by atoms with van der Waals surface area (Å²) >= 11 is 0. The third-order valence-electron chi connectivity index (χ3n) is 6.71. The lowest BCUT2D eigenvalue weighted by atomic mass is 9.90. The molecular weight excluding hydrogens is 466 g/mol. The van der Waals surface area contributed by atoms with Crippen molar-refractivity contribution < 1.29 is 31.9 Å². The molecule has 2 aromatic carbocycles. The number of hydrogen-bond donors (Lipinski definition) is 2. The Hall–Kier alpha value is -3.14. The van der Waals surface area contributed by atoms with Gasteiger partial charge in [0, 0.05) is 19.0 Å². The van der Waals surface area contributed by atoms with Crippen LogP contribution in [0.4, 0.5) is 17.6 Å². The molecule has 4 rings (SSSR count). The van der Waals surface area contributed by atoms with E-state index in [0.29, 0.717) is 36.9 Å². The number of carbonyl (C=O) groups is 2. The van der Waals surface area contributed by atoms with Gasteiger partial charge in [-0.15, -0.1) is 13.2 Å². The molecule has 1 aliphatic carbocycles. The summed E-state index contributed by atoms with van der Waals surface area (Å²) in [5.74, 6) is -1.73. The van der Waals surface area contributed by atoms with E-state index in [4.69, 9.17) is 5.73 Å². The molecule has 2 amide bonds. The third-order valence-corrected chi connectivity index (χ3v) is 6.71. The fourth-order valence-electron chi connectivity index (χ4n) is 4.79. The number of alkyl halides is 3. The predicted molar refractivity (Wildman–Crippen MR) is 120 cm³/mol. The molecule has 3 N–H and O–H groups in total. The summed E-state index contributed by atoms with van der Waals surface area (Å²) in [6.07, 6.45) is -2.18. The van der Waals surface area contributed by atoms with Crippen molar-refractivity contribution in [3.8, 4) is 5.75 Å². The number of piperidine rings is 1. The Labute approximate surface area is 200 Å². The molecule has 1 saturated carbocycles. The molecule has 0 bridgehead atoms. The number of halogens is 4. The fourth-order valence-corrected chi connectivity index (χ4v) is 4.79. The quantitative estimate of drug-likeness (QED) is 0.552. The smallest absolute Gasteiger partial charge is 0.406 e. The number of nitrogens with one attached hydrogen (secondary N) is 1. The summed E-state index contributed by atoms with van der Waals surface area (Å²) in [5.41, 5.74) is 6.08. The second-order valence-corrected chi connectivity index (χ2v) is 9.12. The average Bonchev–Trinajstić information content (AvgIpc) is 3.62. The van der Waals surface area contributed by atoms with Crippen molar-refractivity contribution in [2.45, 2.75) is 56.0 Å². The Morgan fingerprint density at radius 3 is 2.29 bits per heavy atom. The summed E-state index contributed by atoms with van der Waals surface area (Å²) in [7, 11) is 0. The van der Waals surface area contributed by atoms with Crippen LogP contribution in [0, 0.1) is 5.82 Å². The van der Waals surface area contributed by atoms with Crippen LogP contribution in [0.2, 0.25) is 0 Å². The molecular formula is C25H27F4N3O3. The van der Waals surface area contributed by atoms with Crippen LogP contribution in [-0.4, -0.2) is 48.2 Å². The number of nitrogens with zero attached hydrogens (tertiary/aromatic N) is 1. The molecule has 1 saturated heterocycles. The van der Waals surface area contributed by atoms with Gasteiger partial charge in [0.2, 0.25) is 11.8 Å². The normalized spacial score (nSPS) is 20.1. The van der Waals surface area contributed by atoms with Crippen LogP contribution in [0.1, 0.15) is 36.8 Å². The molecule has 0 spiro atoms. The highest BCUT2D eigenvalue weighted by molar-refractivity contribution is 5.95. The van der Waals surface area contributed by atoms with E-state index in [1.807, 2.05) is 0 Å². The number of rotatable bonds is 8. The van der Waals surface area contributed by atoms with Crippen molar-refractivity contribution in [2.75, 3.05) is 13.1 Å². The summed E-state index contributed by atoms with van der Waals surface area (Å²) in [4.78, 5) is 28.2. The number of benzene rings is 2. The fraction of sp³-hybridized carbons (Fsp3) is 0.440. The molecule has 0 unspecified atom stereocenters. The molecule has 2 atom stereocenters. The minimum absolute atomic E-state index is 0.131. The number of nitrogens with two attached hydrogens (primary N) is 1. The lowest BCUT2D eigenvalue weighted by Gasteiger charge is -2.41. The standard InChI is InChI=1S/C25H27F4N3O3/c26-18-7-3-16(4-8-18)14-21(22(30)33)32(19-2-1-13-31-15-19)23(34)24(11-12-24)17-5-9-20(10-6-17)35-25(27,28)29/h3-10,19,21,31H,1-2,11-15H2,(H2,30,33)/t19-,21+/m1/s1. The summed E-state index contributed by atoms with van der Waals surface area (Å²) in [6.45, 7) is 1.29. The third kappa shape index (κ3) is 5.75. The first-order valence-electron chi connectivity index (χ1n) is 11.5. The molecule has 6 nitrogen and oxygen atoms in total. The van der Waals surface area contributed by atoms with Crippen molar-refractivity contribution in [1.82, 2.24) is 10.2 Å². The monoisotopic (exact) mass is 493 g/mol. The second kappa shape index (κ2) is 9.85. The van der Waals surface area contributed by atoms with Gasteiger partial charge in [0.25, 0.3) is 0 Å². The molecule has 0 radical (unpaired) electrons. The molecule has 2 fully saturated rings. The van der Waals surface area contributed by atoms with Gasteiger partial charge < -0.3 is 20.7 Å². The number of ether oxygens (including phenoxy) is 1. The maximum absolute atomic E-state index is 14.1. The summed E-state index contributed by atoms with van der Waals surface area (Å²) in [6, 6.07) is 9.75. The van der Waals surface area contributed by atoms with Gasteiger partial charge in [-0.25, -0.2) is 4.39 Å². The van der Waals surface area contributed by atoms with E-state index < -0.39 is 29.5 Å². The van der Waals surface area contributed by atoms with Gasteiger partial charge in [0.1, 0.15) is 17.6 Å². The van der Waals surface area contributed by atoms with Crippen molar-refractivity contribution >= 4 is 11.8 Å². The first kappa shape index (κ1) is 25.0. The van der Waals surface area contributed by atoms with Gasteiger partial charge in [0.15, 0.2) is 0 Å². The van der Waals surface area contributed by atoms with Crippen molar-refractivity contribution in [3.63, 3.8) is 0 Å². The zero-order valence-corrected chi connectivity index (χ0v) is 19.0. The minimum atomic E-state index is -4.81. The first-order valence-corrected chi connectivity index (χ1v) is 11.5. The molecule has 35 heavy (non-hydrogen) atoms. The second-order valence-electron chi connectivity index (χ2n) is 9.12. The topological polar surface area (TPSA) is 84.7 Å². The minimum Gasteiger partial charge on any atom is -0.406 e. The highest BCUT2D eigenvalue weighted by atomic mass is 19.4. The number of amides is 2. The van der Waals surface area contributed by atoms with Gasteiger partial charge in [-0.3, -0.25) is 9.59 Å². The van der Waals surface area contributed by atoms with E-state index in [1.54, 1.807) is 17.0 Å². The summed E-state index contributed by atoms with van der Waals surface area (Å²) < 4.78 is 55.0. The molecule has 0 aromatic heterocycles. The summed E-state index contributed by atoms with van der Waals surface area (Å²) in [5, 5.41) is 3.26. The van der Waals surface area contributed by atoms with E-state index in [2.05, 4.69) is 10.1 Å².